The predicted octanol–water partition coefficient (Wildman–Crippen LogP) is 1.16. The van der Waals surface area contributed by atoms with Crippen molar-refractivity contribution in [2.24, 2.45) is 0 Å². The number of carboxylic acid groups (broad SMARTS) is 2. The number of hydrogen-bond acceptors (Lipinski definition) is 8. The van der Waals surface area contributed by atoms with Gasteiger partial charge in [-0.2, -0.15) is 5.10 Å². The maximum absolute atomic E-state index is 12.1. The van der Waals surface area contributed by atoms with E-state index in [0.29, 0.717) is 0 Å². The minimum Gasteiger partial charge on any atom is -0.478 e. The van der Waals surface area contributed by atoms with Crippen molar-refractivity contribution in [1.82, 2.24) is 14.8 Å². The summed E-state index contributed by atoms with van der Waals surface area (Å²) >= 11 is 0. The first-order valence-corrected chi connectivity index (χ1v) is 8.11. The van der Waals surface area contributed by atoms with Crippen molar-refractivity contribution in [3.63, 3.8) is 0 Å². The molecule has 0 saturated heterocycles. The molecule has 0 aliphatic heterocycles. The summed E-state index contributed by atoms with van der Waals surface area (Å²) in [6.45, 7) is -0.216. The standard InChI is InChI=1S/C17H13N5O8/c18-14-12(16(24)25)11(13(17(26)27)15(23)20-14)8-2-1-3-10(4-8)30-7-21-6-9(5-19-21)22(28)29/h1-6H,7H2,(H,24,25)(H,26,27)(H3,18,20,23). The van der Waals surface area contributed by atoms with E-state index in [4.69, 9.17) is 10.5 Å². The van der Waals surface area contributed by atoms with Gasteiger partial charge in [0.1, 0.15) is 35.1 Å². The third-order valence-electron chi connectivity index (χ3n) is 3.99. The van der Waals surface area contributed by atoms with Gasteiger partial charge in [-0.1, -0.05) is 12.1 Å². The van der Waals surface area contributed by atoms with Crippen LogP contribution in [0.15, 0.2) is 41.5 Å². The van der Waals surface area contributed by atoms with E-state index in [2.05, 4.69) is 5.10 Å². The normalized spacial score (nSPS) is 10.5. The highest BCUT2D eigenvalue weighted by Crippen LogP contribution is 2.31. The Morgan fingerprint density at radius 3 is 2.57 bits per heavy atom. The summed E-state index contributed by atoms with van der Waals surface area (Å²) < 4.78 is 6.63. The molecule has 0 amide bonds. The average molecular weight is 415 g/mol. The Hall–Kier alpha value is -4.68. The predicted molar refractivity (Wildman–Crippen MR) is 100 cm³/mol. The average Bonchev–Trinajstić information content (AvgIpc) is 3.14. The third kappa shape index (κ3) is 3.80. The first kappa shape index (κ1) is 20.1. The molecule has 0 atom stereocenters. The smallest absolute Gasteiger partial charge is 0.342 e. The van der Waals surface area contributed by atoms with Crippen LogP contribution in [0.1, 0.15) is 20.7 Å². The number of pyridine rings is 1. The fraction of sp³-hybridized carbons (Fsp3) is 0.0588. The fourth-order valence-corrected chi connectivity index (χ4v) is 2.73. The number of nitrogens with one attached hydrogen (secondary N) is 1. The molecule has 154 valence electrons. The van der Waals surface area contributed by atoms with Gasteiger partial charge >= 0.3 is 17.6 Å². The molecular weight excluding hydrogens is 402 g/mol. The highest BCUT2D eigenvalue weighted by Gasteiger charge is 2.26. The number of nitrogens with zero attached hydrogens (tertiary/aromatic N) is 3. The number of carbonyl (C=O) groups is 2. The number of nitro groups is 1. The molecule has 0 unspecified atom stereocenters. The second-order valence-corrected chi connectivity index (χ2v) is 5.90. The van der Waals surface area contributed by atoms with Crippen LogP contribution in [0.5, 0.6) is 5.75 Å². The van der Waals surface area contributed by atoms with Gasteiger partial charge in [-0.25, -0.2) is 14.3 Å². The maximum atomic E-state index is 12.1. The highest BCUT2D eigenvalue weighted by molar-refractivity contribution is 6.07. The van der Waals surface area contributed by atoms with Gasteiger partial charge in [0.05, 0.1) is 4.92 Å². The van der Waals surface area contributed by atoms with E-state index in [-0.39, 0.29) is 29.3 Å². The van der Waals surface area contributed by atoms with Crippen LogP contribution in [0, 0.1) is 10.1 Å². The zero-order valence-electron chi connectivity index (χ0n) is 14.9. The number of hydrogen-bond donors (Lipinski definition) is 4. The van der Waals surface area contributed by atoms with E-state index in [1.807, 2.05) is 4.98 Å². The van der Waals surface area contributed by atoms with Gasteiger partial charge in [0.15, 0.2) is 6.73 Å². The molecule has 13 nitrogen and oxygen atoms in total. The molecule has 0 bridgehead atoms. The van der Waals surface area contributed by atoms with E-state index in [0.717, 1.165) is 17.1 Å². The molecule has 1 aromatic carbocycles. The van der Waals surface area contributed by atoms with Gasteiger partial charge in [-0.3, -0.25) is 14.9 Å². The van der Waals surface area contributed by atoms with E-state index in [1.165, 1.54) is 24.3 Å². The van der Waals surface area contributed by atoms with E-state index in [1.54, 1.807) is 0 Å². The molecule has 0 radical (unpaired) electrons. The molecule has 30 heavy (non-hydrogen) atoms. The van der Waals surface area contributed by atoms with Crippen LogP contribution in [0.3, 0.4) is 0 Å². The number of anilines is 1. The summed E-state index contributed by atoms with van der Waals surface area (Å²) in [5, 5.41) is 33.4. The van der Waals surface area contributed by atoms with Gasteiger partial charge in [0.25, 0.3) is 5.56 Å². The lowest BCUT2D eigenvalue weighted by Gasteiger charge is -2.13. The minimum atomic E-state index is -1.64. The van der Waals surface area contributed by atoms with Crippen LogP contribution >= 0.6 is 0 Å². The number of nitrogen functional groups attached to an aromatic ring is 1. The Morgan fingerprint density at radius 2 is 1.97 bits per heavy atom. The molecular formula is C17H13N5O8. The summed E-state index contributed by atoms with van der Waals surface area (Å²) in [5.74, 6) is -3.50. The number of benzene rings is 1. The fourth-order valence-electron chi connectivity index (χ4n) is 2.73. The Balaban J connectivity index is 2.03. The zero-order valence-corrected chi connectivity index (χ0v) is 14.9. The molecule has 13 heteroatoms. The number of carboxylic acids is 2. The van der Waals surface area contributed by atoms with Crippen LogP contribution < -0.4 is 16.0 Å². The molecule has 0 aliphatic rings. The Kier molecular flexibility index (Phi) is 5.18. The SMILES string of the molecule is Nc1[nH]c(=O)c(C(=O)O)c(-c2cccc(OCn3cc([N+](=O)[O-])cn3)c2)c1C(=O)O. The topological polar surface area (TPSA) is 204 Å². The van der Waals surface area contributed by atoms with Crippen molar-refractivity contribution < 1.29 is 29.5 Å². The molecule has 0 fully saturated rings. The van der Waals surface area contributed by atoms with Crippen LogP contribution in [0.25, 0.3) is 11.1 Å². The molecule has 3 aromatic rings. The van der Waals surface area contributed by atoms with Crippen molar-refractivity contribution in [3.05, 3.63) is 68.3 Å². The summed E-state index contributed by atoms with van der Waals surface area (Å²) in [6.07, 6.45) is 2.18. The lowest BCUT2D eigenvalue weighted by atomic mass is 9.95. The highest BCUT2D eigenvalue weighted by atomic mass is 16.6. The Labute approximate surface area is 166 Å². The number of ether oxygens (including phenoxy) is 1. The largest absolute Gasteiger partial charge is 0.478 e. The van der Waals surface area contributed by atoms with Gasteiger partial charge in [0.2, 0.25) is 0 Å². The Bertz CT molecular complexity index is 1230. The third-order valence-corrected chi connectivity index (χ3v) is 3.99. The van der Waals surface area contributed by atoms with Crippen molar-refractivity contribution in [3.8, 4) is 16.9 Å². The molecule has 2 aromatic heterocycles. The molecule has 5 N–H and O–H groups in total. The van der Waals surface area contributed by atoms with Crippen LogP contribution in [-0.2, 0) is 6.73 Å². The summed E-state index contributed by atoms with van der Waals surface area (Å²) in [5.41, 5.74) is 2.62. The molecule has 0 saturated carbocycles. The molecule has 3 rings (SSSR count). The van der Waals surface area contributed by atoms with Crippen LogP contribution in [0.4, 0.5) is 11.5 Å². The molecule has 0 aliphatic carbocycles. The summed E-state index contributed by atoms with van der Waals surface area (Å²) in [7, 11) is 0. The van der Waals surface area contributed by atoms with E-state index in [9.17, 15) is 34.7 Å². The number of nitrogens with two attached hydrogens (primary N) is 1. The van der Waals surface area contributed by atoms with Crippen LogP contribution in [-0.4, -0.2) is 41.8 Å². The molecule has 2 heterocycles. The van der Waals surface area contributed by atoms with Gasteiger partial charge < -0.3 is 25.7 Å². The number of H-pyrrole nitrogens is 1. The first-order chi connectivity index (χ1) is 14.2. The van der Waals surface area contributed by atoms with E-state index < -0.39 is 39.4 Å². The molecule has 0 spiro atoms. The van der Waals surface area contributed by atoms with Gasteiger partial charge in [-0.05, 0) is 17.7 Å². The number of aromatic nitrogens is 3. The van der Waals surface area contributed by atoms with Crippen molar-refractivity contribution >= 4 is 23.4 Å². The second kappa shape index (κ2) is 7.75. The van der Waals surface area contributed by atoms with Gasteiger partial charge in [-0.15, -0.1) is 0 Å². The van der Waals surface area contributed by atoms with Crippen molar-refractivity contribution in [2.75, 3.05) is 5.73 Å². The van der Waals surface area contributed by atoms with Gasteiger partial charge in [0, 0.05) is 5.56 Å². The summed E-state index contributed by atoms with van der Waals surface area (Å²) in [6, 6.07) is 5.63. The second-order valence-electron chi connectivity index (χ2n) is 5.90. The lowest BCUT2D eigenvalue weighted by molar-refractivity contribution is -0.385. The summed E-state index contributed by atoms with van der Waals surface area (Å²) in [4.78, 5) is 47.5. The van der Waals surface area contributed by atoms with Crippen LogP contribution in [0.2, 0.25) is 0 Å². The zero-order chi connectivity index (χ0) is 22.0. The number of aromatic carboxylic acids is 2. The minimum absolute atomic E-state index is 0.0616. The van der Waals surface area contributed by atoms with Crippen molar-refractivity contribution in [2.45, 2.75) is 6.73 Å². The quantitative estimate of drug-likeness (QED) is 0.320. The first-order valence-electron chi connectivity index (χ1n) is 8.11. The monoisotopic (exact) mass is 415 g/mol. The van der Waals surface area contributed by atoms with Crippen molar-refractivity contribution in [1.29, 1.82) is 0 Å². The van der Waals surface area contributed by atoms with E-state index >= 15 is 0 Å². The number of rotatable bonds is 7. The number of aromatic amines is 1. The Morgan fingerprint density at radius 1 is 1.27 bits per heavy atom. The maximum Gasteiger partial charge on any atom is 0.342 e. The lowest BCUT2D eigenvalue weighted by Crippen LogP contribution is -2.24.